The van der Waals surface area contributed by atoms with E-state index >= 15 is 0 Å². The Kier molecular flexibility index (Phi) is 5.57. The molecule has 1 rings (SSSR count). The topological polar surface area (TPSA) is 65.5 Å². The Morgan fingerprint density at radius 1 is 1.39 bits per heavy atom. The van der Waals surface area contributed by atoms with Gasteiger partial charge in [-0.05, 0) is 18.6 Å². The van der Waals surface area contributed by atoms with E-state index in [0.29, 0.717) is 12.2 Å². The molecule has 1 heterocycles. The lowest BCUT2D eigenvalue weighted by atomic mass is 10.2. The van der Waals surface area contributed by atoms with Crippen molar-refractivity contribution in [1.82, 2.24) is 4.98 Å². The highest BCUT2D eigenvalue weighted by Crippen LogP contribution is 2.07. The Morgan fingerprint density at radius 2 is 2.17 bits per heavy atom. The molecule has 1 aromatic rings. The fourth-order valence-corrected chi connectivity index (χ4v) is 1.25. The van der Waals surface area contributed by atoms with Crippen LogP contribution in [0.15, 0.2) is 24.5 Å². The number of hydrogen-bond acceptors (Lipinski definition) is 5. The Morgan fingerprint density at radius 3 is 2.83 bits per heavy atom. The van der Waals surface area contributed by atoms with Crippen molar-refractivity contribution in [2.75, 3.05) is 13.7 Å². The molecule has 0 aliphatic heterocycles. The molecule has 0 fully saturated rings. The maximum absolute atomic E-state index is 11.5. The van der Waals surface area contributed by atoms with Crippen LogP contribution in [0.3, 0.4) is 0 Å². The van der Waals surface area contributed by atoms with Crippen LogP contribution in [0.25, 0.3) is 6.08 Å². The molecule has 0 unspecified atom stereocenters. The fourth-order valence-electron chi connectivity index (χ4n) is 1.25. The summed E-state index contributed by atoms with van der Waals surface area (Å²) in [7, 11) is 1.33. The average molecular weight is 249 g/mol. The van der Waals surface area contributed by atoms with Gasteiger partial charge in [0.2, 0.25) is 0 Å². The number of rotatable bonds is 5. The first kappa shape index (κ1) is 13.9. The molecule has 96 valence electrons. The SMILES string of the molecule is CCOC(=O)c1cncc(C=CCC(=O)OC)c1. The van der Waals surface area contributed by atoms with E-state index in [0.717, 1.165) is 5.56 Å². The molecule has 1 aromatic heterocycles. The van der Waals surface area contributed by atoms with E-state index in [9.17, 15) is 9.59 Å². The van der Waals surface area contributed by atoms with Crippen molar-refractivity contribution in [2.24, 2.45) is 0 Å². The van der Waals surface area contributed by atoms with Gasteiger partial charge in [-0.1, -0.05) is 12.2 Å². The van der Waals surface area contributed by atoms with Crippen molar-refractivity contribution in [1.29, 1.82) is 0 Å². The molecule has 0 amide bonds. The van der Waals surface area contributed by atoms with Crippen molar-refractivity contribution in [3.63, 3.8) is 0 Å². The lowest BCUT2D eigenvalue weighted by molar-refractivity contribution is -0.139. The number of aromatic nitrogens is 1. The van der Waals surface area contributed by atoms with Crippen molar-refractivity contribution >= 4 is 18.0 Å². The van der Waals surface area contributed by atoms with Gasteiger partial charge in [-0.3, -0.25) is 9.78 Å². The van der Waals surface area contributed by atoms with Crippen LogP contribution in [0.5, 0.6) is 0 Å². The number of hydrogen-bond donors (Lipinski definition) is 0. The zero-order valence-corrected chi connectivity index (χ0v) is 10.4. The number of carbonyl (C=O) groups is 2. The molecule has 0 bridgehead atoms. The second-order valence-corrected chi connectivity index (χ2v) is 3.41. The lowest BCUT2D eigenvalue weighted by Gasteiger charge is -2.01. The van der Waals surface area contributed by atoms with E-state index in [1.54, 1.807) is 31.3 Å². The molecule has 0 atom stereocenters. The van der Waals surface area contributed by atoms with Crippen LogP contribution >= 0.6 is 0 Å². The maximum atomic E-state index is 11.5. The quantitative estimate of drug-likeness (QED) is 0.745. The van der Waals surface area contributed by atoms with Crippen molar-refractivity contribution < 1.29 is 19.1 Å². The summed E-state index contributed by atoms with van der Waals surface area (Å²) in [5, 5.41) is 0. The van der Waals surface area contributed by atoms with Crippen LogP contribution in [0, 0.1) is 0 Å². The van der Waals surface area contributed by atoms with Crippen molar-refractivity contribution in [3.05, 3.63) is 35.7 Å². The van der Waals surface area contributed by atoms with Gasteiger partial charge in [0.15, 0.2) is 0 Å². The summed E-state index contributed by atoms with van der Waals surface area (Å²) < 4.78 is 9.37. The smallest absolute Gasteiger partial charge is 0.339 e. The summed E-state index contributed by atoms with van der Waals surface area (Å²) in [6.07, 6.45) is 6.57. The summed E-state index contributed by atoms with van der Waals surface area (Å²) in [6, 6.07) is 1.65. The number of methoxy groups -OCH3 is 1. The van der Waals surface area contributed by atoms with Crippen LogP contribution in [0.2, 0.25) is 0 Å². The largest absolute Gasteiger partial charge is 0.469 e. The summed E-state index contributed by atoms with van der Waals surface area (Å²) in [5.41, 5.74) is 1.11. The second-order valence-electron chi connectivity index (χ2n) is 3.41. The number of pyridine rings is 1. The minimum atomic E-state index is -0.409. The predicted octanol–water partition coefficient (Wildman–Crippen LogP) is 1.83. The number of nitrogens with zero attached hydrogens (tertiary/aromatic N) is 1. The highest BCUT2D eigenvalue weighted by molar-refractivity contribution is 5.89. The number of ether oxygens (including phenoxy) is 2. The van der Waals surface area contributed by atoms with Crippen LogP contribution in [0.1, 0.15) is 29.3 Å². The Balaban J connectivity index is 2.70. The molecule has 0 aliphatic carbocycles. The second kappa shape index (κ2) is 7.21. The van der Waals surface area contributed by atoms with E-state index in [-0.39, 0.29) is 12.4 Å². The first-order chi connectivity index (χ1) is 8.67. The van der Waals surface area contributed by atoms with Gasteiger partial charge in [-0.25, -0.2) is 4.79 Å². The van der Waals surface area contributed by atoms with Gasteiger partial charge >= 0.3 is 11.9 Å². The third-order valence-corrected chi connectivity index (χ3v) is 2.09. The average Bonchev–Trinajstić information content (AvgIpc) is 2.39. The number of carbonyl (C=O) groups excluding carboxylic acids is 2. The summed E-state index contributed by atoms with van der Waals surface area (Å²) >= 11 is 0. The summed E-state index contributed by atoms with van der Waals surface area (Å²) in [4.78, 5) is 26.3. The van der Waals surface area contributed by atoms with E-state index in [1.807, 2.05) is 0 Å². The van der Waals surface area contributed by atoms with Crippen LogP contribution < -0.4 is 0 Å². The number of esters is 2. The molecule has 0 spiro atoms. The zero-order chi connectivity index (χ0) is 13.4. The maximum Gasteiger partial charge on any atom is 0.339 e. The minimum Gasteiger partial charge on any atom is -0.469 e. The molecule has 0 aromatic carbocycles. The highest BCUT2D eigenvalue weighted by atomic mass is 16.5. The van der Waals surface area contributed by atoms with Gasteiger partial charge < -0.3 is 9.47 Å². The molecular formula is C13H15NO4. The first-order valence-corrected chi connectivity index (χ1v) is 5.53. The standard InChI is InChI=1S/C13H15NO4/c1-3-18-13(16)11-7-10(8-14-9-11)5-4-6-12(15)17-2/h4-5,7-9H,3,6H2,1-2H3. The Bertz CT molecular complexity index is 454. The van der Waals surface area contributed by atoms with Gasteiger partial charge in [-0.2, -0.15) is 0 Å². The molecular weight excluding hydrogens is 234 g/mol. The first-order valence-electron chi connectivity index (χ1n) is 5.53. The third-order valence-electron chi connectivity index (χ3n) is 2.09. The van der Waals surface area contributed by atoms with E-state index in [2.05, 4.69) is 9.72 Å². The molecule has 0 N–H and O–H groups in total. The van der Waals surface area contributed by atoms with Gasteiger partial charge in [0.1, 0.15) is 0 Å². The van der Waals surface area contributed by atoms with E-state index in [1.165, 1.54) is 13.3 Å². The van der Waals surface area contributed by atoms with Crippen LogP contribution in [-0.4, -0.2) is 30.6 Å². The lowest BCUT2D eigenvalue weighted by Crippen LogP contribution is -2.05. The monoisotopic (exact) mass is 249 g/mol. The van der Waals surface area contributed by atoms with Crippen molar-refractivity contribution in [3.8, 4) is 0 Å². The molecule has 0 aliphatic rings. The molecule has 18 heavy (non-hydrogen) atoms. The normalized spacial score (nSPS) is 10.3. The van der Waals surface area contributed by atoms with Gasteiger partial charge in [0, 0.05) is 12.4 Å². The molecule has 5 nitrogen and oxygen atoms in total. The summed E-state index contributed by atoms with van der Waals surface area (Å²) in [5.74, 6) is -0.728. The Labute approximate surface area is 105 Å². The van der Waals surface area contributed by atoms with E-state index in [4.69, 9.17) is 4.74 Å². The molecule has 0 saturated carbocycles. The van der Waals surface area contributed by atoms with Gasteiger partial charge in [0.05, 0.1) is 25.7 Å². The zero-order valence-electron chi connectivity index (χ0n) is 10.4. The van der Waals surface area contributed by atoms with E-state index < -0.39 is 5.97 Å². The molecule has 0 radical (unpaired) electrons. The predicted molar refractivity (Wildman–Crippen MR) is 65.9 cm³/mol. The fraction of sp³-hybridized carbons (Fsp3) is 0.308. The molecule has 5 heteroatoms. The van der Waals surface area contributed by atoms with Gasteiger partial charge in [-0.15, -0.1) is 0 Å². The van der Waals surface area contributed by atoms with Crippen molar-refractivity contribution in [2.45, 2.75) is 13.3 Å². The highest BCUT2D eigenvalue weighted by Gasteiger charge is 2.06. The third kappa shape index (κ3) is 4.37. The van der Waals surface area contributed by atoms with Crippen LogP contribution in [-0.2, 0) is 14.3 Å². The van der Waals surface area contributed by atoms with Crippen LogP contribution in [0.4, 0.5) is 0 Å². The van der Waals surface area contributed by atoms with Gasteiger partial charge in [0.25, 0.3) is 0 Å². The molecule has 0 saturated heterocycles. The summed E-state index contributed by atoms with van der Waals surface area (Å²) in [6.45, 7) is 2.06. The minimum absolute atomic E-state index is 0.181. The Hall–Kier alpha value is -2.17.